The Bertz CT molecular complexity index is 375. The number of benzene rings is 1. The van der Waals surface area contributed by atoms with Crippen LogP contribution in [0.1, 0.15) is 43.4 Å². The molecule has 1 saturated carbocycles. The molecule has 0 bridgehead atoms. The van der Waals surface area contributed by atoms with Crippen molar-refractivity contribution in [2.24, 2.45) is 11.7 Å². The highest BCUT2D eigenvalue weighted by molar-refractivity contribution is 7.99. The van der Waals surface area contributed by atoms with E-state index in [-0.39, 0.29) is 6.04 Å². The minimum Gasteiger partial charge on any atom is -0.327 e. The minimum absolute atomic E-state index is 0.135. The van der Waals surface area contributed by atoms with E-state index in [1.54, 1.807) is 0 Å². The predicted octanol–water partition coefficient (Wildman–Crippen LogP) is 4.65. The van der Waals surface area contributed by atoms with E-state index in [2.05, 4.69) is 13.0 Å². The lowest BCUT2D eigenvalue weighted by Gasteiger charge is -2.23. The van der Waals surface area contributed by atoms with Crippen molar-refractivity contribution in [3.63, 3.8) is 0 Å². The molecule has 1 aliphatic carbocycles. The van der Waals surface area contributed by atoms with Crippen molar-refractivity contribution in [2.45, 2.75) is 43.9 Å². The maximum Gasteiger partial charge on any atom is 0.0460 e. The summed E-state index contributed by atoms with van der Waals surface area (Å²) in [6.07, 6.45) is 5.59. The first-order chi connectivity index (χ1) is 8.68. The molecule has 2 N–H and O–H groups in total. The molecule has 2 atom stereocenters. The first-order valence-corrected chi connectivity index (χ1v) is 8.22. The van der Waals surface area contributed by atoms with E-state index in [4.69, 9.17) is 17.3 Å². The van der Waals surface area contributed by atoms with Crippen molar-refractivity contribution in [1.82, 2.24) is 0 Å². The zero-order valence-electron chi connectivity index (χ0n) is 10.9. The van der Waals surface area contributed by atoms with Crippen LogP contribution >= 0.6 is 23.4 Å². The average molecular weight is 284 g/mol. The van der Waals surface area contributed by atoms with Gasteiger partial charge in [-0.25, -0.2) is 0 Å². The number of hydrogen-bond donors (Lipinski definition) is 1. The lowest BCUT2D eigenvalue weighted by molar-refractivity contribution is 0.618. The number of nitrogens with two attached hydrogens (primary N) is 1. The third-order valence-corrected chi connectivity index (χ3v) is 5.73. The van der Waals surface area contributed by atoms with E-state index in [1.807, 2.05) is 30.0 Å². The Morgan fingerprint density at radius 3 is 2.61 bits per heavy atom. The van der Waals surface area contributed by atoms with E-state index in [1.165, 1.54) is 37.0 Å². The summed E-state index contributed by atoms with van der Waals surface area (Å²) in [6.45, 7) is 2.08. The van der Waals surface area contributed by atoms with Crippen LogP contribution in [0.4, 0.5) is 0 Å². The van der Waals surface area contributed by atoms with E-state index >= 15 is 0 Å². The molecule has 2 unspecified atom stereocenters. The monoisotopic (exact) mass is 283 g/mol. The van der Waals surface area contributed by atoms with Gasteiger partial charge in [-0.05, 0) is 43.1 Å². The van der Waals surface area contributed by atoms with Crippen molar-refractivity contribution in [1.29, 1.82) is 0 Å². The maximum atomic E-state index is 6.29. The zero-order valence-corrected chi connectivity index (χ0v) is 12.5. The van der Waals surface area contributed by atoms with Crippen LogP contribution in [0.3, 0.4) is 0 Å². The molecule has 0 saturated heterocycles. The van der Waals surface area contributed by atoms with Gasteiger partial charge in [0.2, 0.25) is 0 Å². The van der Waals surface area contributed by atoms with Crippen LogP contribution in [0.5, 0.6) is 0 Å². The van der Waals surface area contributed by atoms with E-state index in [0.29, 0.717) is 5.25 Å². The summed E-state index contributed by atoms with van der Waals surface area (Å²) in [6, 6.07) is 8.23. The molecule has 1 aromatic rings. The fourth-order valence-corrected chi connectivity index (χ4v) is 4.47. The highest BCUT2D eigenvalue weighted by Gasteiger charge is 2.22. The molecule has 18 heavy (non-hydrogen) atoms. The summed E-state index contributed by atoms with van der Waals surface area (Å²) in [4.78, 5) is 0. The Balaban J connectivity index is 2.01. The number of thioether (sulfide) groups is 1. The molecule has 1 aromatic carbocycles. The van der Waals surface area contributed by atoms with Gasteiger partial charge in [-0.15, -0.1) is 0 Å². The topological polar surface area (TPSA) is 26.0 Å². The van der Waals surface area contributed by atoms with Crippen LogP contribution in [-0.4, -0.2) is 11.8 Å². The van der Waals surface area contributed by atoms with E-state index in [0.717, 1.165) is 10.9 Å². The average Bonchev–Trinajstić information content (AvgIpc) is 2.84. The molecule has 0 heterocycles. The normalized spacial score (nSPS) is 19.9. The lowest BCUT2D eigenvalue weighted by atomic mass is 10.1. The smallest absolute Gasteiger partial charge is 0.0460 e. The van der Waals surface area contributed by atoms with Gasteiger partial charge in [0.15, 0.2) is 0 Å². The first-order valence-electron chi connectivity index (χ1n) is 6.80. The van der Waals surface area contributed by atoms with Crippen LogP contribution in [0, 0.1) is 5.92 Å². The Morgan fingerprint density at radius 2 is 2.00 bits per heavy atom. The lowest BCUT2D eigenvalue weighted by Crippen LogP contribution is -2.23. The van der Waals surface area contributed by atoms with Crippen LogP contribution in [0.15, 0.2) is 24.3 Å². The summed E-state index contributed by atoms with van der Waals surface area (Å²) < 4.78 is 0. The van der Waals surface area contributed by atoms with Crippen molar-refractivity contribution in [3.05, 3.63) is 34.9 Å². The second kappa shape index (κ2) is 6.83. The van der Waals surface area contributed by atoms with Crippen molar-refractivity contribution < 1.29 is 0 Å². The van der Waals surface area contributed by atoms with Crippen LogP contribution in [0.25, 0.3) is 0 Å². The summed E-state index contributed by atoms with van der Waals surface area (Å²) >= 11 is 8.27. The second-order valence-electron chi connectivity index (χ2n) is 5.29. The number of halogens is 1. The van der Waals surface area contributed by atoms with Crippen LogP contribution < -0.4 is 5.73 Å². The number of rotatable bonds is 5. The fraction of sp³-hybridized carbons (Fsp3) is 0.600. The summed E-state index contributed by atoms with van der Waals surface area (Å²) in [5, 5.41) is 1.16. The first kappa shape index (κ1) is 14.2. The summed E-state index contributed by atoms with van der Waals surface area (Å²) in [7, 11) is 0. The van der Waals surface area contributed by atoms with E-state index < -0.39 is 0 Å². The van der Waals surface area contributed by atoms with Crippen molar-refractivity contribution >= 4 is 23.4 Å². The van der Waals surface area contributed by atoms with E-state index in [9.17, 15) is 0 Å². The van der Waals surface area contributed by atoms with Gasteiger partial charge >= 0.3 is 0 Å². The van der Waals surface area contributed by atoms with Gasteiger partial charge in [-0.1, -0.05) is 42.6 Å². The Hall–Kier alpha value is -0.180. The molecular weight excluding hydrogens is 262 g/mol. The molecule has 0 amide bonds. The van der Waals surface area contributed by atoms with Gasteiger partial charge in [0.05, 0.1) is 0 Å². The third kappa shape index (κ3) is 3.66. The molecule has 1 fully saturated rings. The Kier molecular flexibility index (Phi) is 5.40. The molecule has 100 valence electrons. The Morgan fingerprint density at radius 1 is 1.33 bits per heavy atom. The largest absolute Gasteiger partial charge is 0.327 e. The fourth-order valence-electron chi connectivity index (χ4n) is 2.65. The molecule has 1 aliphatic rings. The minimum atomic E-state index is 0.135. The van der Waals surface area contributed by atoms with Gasteiger partial charge in [0, 0.05) is 16.3 Å². The molecule has 2 rings (SSSR count). The maximum absolute atomic E-state index is 6.29. The summed E-state index contributed by atoms with van der Waals surface area (Å²) in [5.74, 6) is 2.11. The number of hydrogen-bond acceptors (Lipinski definition) is 2. The second-order valence-corrected chi connectivity index (χ2v) is 6.87. The van der Waals surface area contributed by atoms with Crippen LogP contribution in [0.2, 0.25) is 5.02 Å². The van der Waals surface area contributed by atoms with Crippen molar-refractivity contribution in [3.8, 4) is 0 Å². The molecule has 0 aromatic heterocycles. The molecule has 0 aliphatic heterocycles. The highest BCUT2D eigenvalue weighted by Crippen LogP contribution is 2.39. The molecule has 1 nitrogen and oxygen atoms in total. The molecular formula is C15H22ClNS. The van der Waals surface area contributed by atoms with Gasteiger partial charge in [-0.3, -0.25) is 0 Å². The molecule has 0 radical (unpaired) electrons. The molecule has 0 spiro atoms. The SMILES string of the molecule is CC(N)C(SCC1CCCC1)c1ccccc1Cl. The van der Waals surface area contributed by atoms with Crippen molar-refractivity contribution in [2.75, 3.05) is 5.75 Å². The van der Waals surface area contributed by atoms with Gasteiger partial charge < -0.3 is 5.73 Å². The standard InChI is InChI=1S/C15H22ClNS/c1-11(17)15(13-8-4-5-9-14(13)16)18-10-12-6-2-3-7-12/h4-5,8-9,11-12,15H,2-3,6-7,10,17H2,1H3. The zero-order chi connectivity index (χ0) is 13.0. The molecule has 3 heteroatoms. The van der Waals surface area contributed by atoms with Crippen LogP contribution in [-0.2, 0) is 0 Å². The quantitative estimate of drug-likeness (QED) is 0.851. The highest BCUT2D eigenvalue weighted by atomic mass is 35.5. The predicted molar refractivity (Wildman–Crippen MR) is 82.3 cm³/mol. The summed E-state index contributed by atoms with van der Waals surface area (Å²) in [5.41, 5.74) is 7.33. The van der Waals surface area contributed by atoms with Gasteiger partial charge in [-0.2, -0.15) is 11.8 Å². The third-order valence-electron chi connectivity index (χ3n) is 3.68. The Labute approximate surface area is 119 Å². The van der Waals surface area contributed by atoms with Gasteiger partial charge in [0.1, 0.15) is 0 Å². The van der Waals surface area contributed by atoms with Gasteiger partial charge in [0.25, 0.3) is 0 Å².